The molecule has 0 bridgehead atoms. The van der Waals surface area contributed by atoms with Crippen LogP contribution < -0.4 is 4.90 Å². The van der Waals surface area contributed by atoms with E-state index in [2.05, 4.69) is 4.98 Å². The fraction of sp³-hybridized carbons (Fsp3) is 0.500. The summed E-state index contributed by atoms with van der Waals surface area (Å²) in [5.41, 5.74) is -1.75. The Balaban J connectivity index is 3.19. The van der Waals surface area contributed by atoms with E-state index in [1.807, 2.05) is 0 Å². The van der Waals surface area contributed by atoms with Gasteiger partial charge in [-0.05, 0) is 53.7 Å². The first-order valence-corrected chi connectivity index (χ1v) is 7.25. The van der Waals surface area contributed by atoms with Gasteiger partial charge in [0, 0.05) is 6.20 Å². The lowest BCUT2D eigenvalue weighted by molar-refractivity contribution is 0.0428. The Bertz CT molecular complexity index is 597. The number of rotatable bonds is 2. The number of anilines is 1. The van der Waals surface area contributed by atoms with Crippen LogP contribution in [-0.4, -0.2) is 39.4 Å². The van der Waals surface area contributed by atoms with E-state index >= 15 is 0 Å². The molecule has 0 saturated carbocycles. The van der Waals surface area contributed by atoms with Gasteiger partial charge < -0.3 is 14.6 Å². The lowest BCUT2D eigenvalue weighted by Gasteiger charge is -2.28. The molecule has 1 aromatic rings. The average molecular weight is 338 g/mol. The highest BCUT2D eigenvalue weighted by Gasteiger charge is 2.33. The molecule has 1 rings (SSSR count). The number of ether oxygens (including phenoxy) is 2. The van der Waals surface area contributed by atoms with Crippen molar-refractivity contribution in [3.8, 4) is 0 Å². The van der Waals surface area contributed by atoms with Crippen LogP contribution in [0.15, 0.2) is 18.3 Å². The van der Waals surface area contributed by atoms with Crippen molar-refractivity contribution < 1.29 is 29.0 Å². The third-order valence-electron chi connectivity index (χ3n) is 2.38. The first kappa shape index (κ1) is 19.4. The highest BCUT2D eigenvalue weighted by Crippen LogP contribution is 2.20. The first-order chi connectivity index (χ1) is 10.8. The predicted molar refractivity (Wildman–Crippen MR) is 86.1 cm³/mol. The Morgan fingerprint density at radius 2 is 1.42 bits per heavy atom. The van der Waals surface area contributed by atoms with E-state index in [9.17, 15) is 14.4 Å². The first-order valence-electron chi connectivity index (χ1n) is 7.25. The summed E-state index contributed by atoms with van der Waals surface area (Å²) in [5.74, 6) is -1.27. The minimum absolute atomic E-state index is 0.0768. The van der Waals surface area contributed by atoms with Crippen molar-refractivity contribution in [2.75, 3.05) is 4.90 Å². The topological polar surface area (TPSA) is 106 Å². The van der Waals surface area contributed by atoms with Crippen LogP contribution in [0, 0.1) is 0 Å². The number of hydrogen-bond acceptors (Lipinski definition) is 6. The van der Waals surface area contributed by atoms with Gasteiger partial charge >= 0.3 is 18.2 Å². The molecule has 0 fully saturated rings. The molecule has 2 amide bonds. The molecule has 1 heterocycles. The van der Waals surface area contributed by atoms with Gasteiger partial charge in [0.25, 0.3) is 0 Å². The van der Waals surface area contributed by atoms with E-state index in [1.54, 1.807) is 41.5 Å². The van der Waals surface area contributed by atoms with Crippen LogP contribution in [0.2, 0.25) is 0 Å². The second-order valence-corrected chi connectivity index (χ2v) is 7.01. The third kappa shape index (κ3) is 5.86. The van der Waals surface area contributed by atoms with Gasteiger partial charge in [-0.2, -0.15) is 4.90 Å². The van der Waals surface area contributed by atoms with E-state index in [0.717, 1.165) is 6.20 Å². The summed E-state index contributed by atoms with van der Waals surface area (Å²) in [6.45, 7) is 9.91. The summed E-state index contributed by atoms with van der Waals surface area (Å²) in [4.78, 5) is 40.1. The molecule has 0 aliphatic rings. The van der Waals surface area contributed by atoms with Crippen molar-refractivity contribution in [1.82, 2.24) is 4.98 Å². The molecule has 0 atom stereocenters. The molecule has 132 valence electrons. The van der Waals surface area contributed by atoms with Gasteiger partial charge in [0.05, 0.1) is 5.56 Å². The number of carboxylic acids is 1. The maximum absolute atomic E-state index is 12.4. The molecule has 1 N–H and O–H groups in total. The quantitative estimate of drug-likeness (QED) is 0.880. The SMILES string of the molecule is CC(C)(C)OC(=O)N(C(=O)OC(C)(C)C)c1ccc(C(=O)O)cn1. The molecule has 0 unspecified atom stereocenters. The molecular weight excluding hydrogens is 316 g/mol. The third-order valence-corrected chi connectivity index (χ3v) is 2.38. The number of pyridine rings is 1. The molecule has 0 aliphatic heterocycles. The number of carbonyl (C=O) groups is 3. The van der Waals surface area contributed by atoms with E-state index in [0.29, 0.717) is 4.90 Å². The van der Waals surface area contributed by atoms with Gasteiger partial charge in [-0.1, -0.05) is 0 Å². The number of amides is 2. The number of hydrogen-bond donors (Lipinski definition) is 1. The summed E-state index contributed by atoms with van der Waals surface area (Å²) < 4.78 is 10.4. The summed E-state index contributed by atoms with van der Waals surface area (Å²) >= 11 is 0. The average Bonchev–Trinajstić information content (AvgIpc) is 2.34. The van der Waals surface area contributed by atoms with Crippen LogP contribution in [0.4, 0.5) is 15.4 Å². The predicted octanol–water partition coefficient (Wildman–Crippen LogP) is 3.46. The van der Waals surface area contributed by atoms with Crippen molar-refractivity contribution >= 4 is 24.0 Å². The Morgan fingerprint density at radius 3 is 1.71 bits per heavy atom. The molecule has 0 aromatic carbocycles. The van der Waals surface area contributed by atoms with Gasteiger partial charge in [-0.3, -0.25) is 0 Å². The lowest BCUT2D eigenvalue weighted by atomic mass is 10.2. The Kier molecular flexibility index (Phi) is 5.54. The van der Waals surface area contributed by atoms with Gasteiger partial charge in [-0.25, -0.2) is 19.4 Å². The number of carboxylic acid groups (broad SMARTS) is 1. The van der Waals surface area contributed by atoms with Crippen LogP contribution in [0.1, 0.15) is 51.9 Å². The Morgan fingerprint density at radius 1 is 0.958 bits per heavy atom. The number of nitrogens with zero attached hydrogens (tertiary/aromatic N) is 2. The molecule has 0 radical (unpaired) electrons. The van der Waals surface area contributed by atoms with Crippen LogP contribution in [-0.2, 0) is 9.47 Å². The van der Waals surface area contributed by atoms with Crippen molar-refractivity contribution in [2.45, 2.75) is 52.7 Å². The minimum atomic E-state index is -1.17. The van der Waals surface area contributed by atoms with Crippen LogP contribution in [0.3, 0.4) is 0 Å². The highest BCUT2D eigenvalue weighted by molar-refractivity contribution is 6.08. The fourth-order valence-corrected chi connectivity index (χ4v) is 1.52. The summed E-state index contributed by atoms with van der Waals surface area (Å²) in [6, 6.07) is 2.46. The number of aromatic nitrogens is 1. The van der Waals surface area contributed by atoms with Gasteiger partial charge in [-0.15, -0.1) is 0 Å². The fourth-order valence-electron chi connectivity index (χ4n) is 1.52. The summed E-state index contributed by atoms with van der Waals surface area (Å²) in [5, 5.41) is 8.90. The second kappa shape index (κ2) is 6.86. The Hall–Kier alpha value is -2.64. The normalized spacial score (nSPS) is 11.6. The van der Waals surface area contributed by atoms with E-state index in [4.69, 9.17) is 14.6 Å². The second-order valence-electron chi connectivity index (χ2n) is 7.01. The zero-order valence-electron chi connectivity index (χ0n) is 14.6. The number of aromatic carboxylic acids is 1. The molecule has 1 aromatic heterocycles. The van der Waals surface area contributed by atoms with E-state index in [1.165, 1.54) is 12.1 Å². The number of carbonyl (C=O) groups excluding carboxylic acids is 2. The van der Waals surface area contributed by atoms with Crippen LogP contribution in [0.5, 0.6) is 0 Å². The Labute approximate surface area is 140 Å². The maximum Gasteiger partial charge on any atom is 0.425 e. The van der Waals surface area contributed by atoms with Crippen molar-refractivity contribution in [3.63, 3.8) is 0 Å². The molecule has 24 heavy (non-hydrogen) atoms. The van der Waals surface area contributed by atoms with E-state index < -0.39 is 29.4 Å². The smallest absolute Gasteiger partial charge is 0.425 e. The lowest BCUT2D eigenvalue weighted by Crippen LogP contribution is -2.44. The van der Waals surface area contributed by atoms with Crippen LogP contribution in [0.25, 0.3) is 0 Å². The molecule has 0 saturated heterocycles. The van der Waals surface area contributed by atoms with Crippen molar-refractivity contribution in [3.05, 3.63) is 23.9 Å². The van der Waals surface area contributed by atoms with Crippen molar-refractivity contribution in [2.24, 2.45) is 0 Å². The summed E-state index contributed by atoms with van der Waals surface area (Å²) in [7, 11) is 0. The molecule has 8 heteroatoms. The minimum Gasteiger partial charge on any atom is -0.478 e. The van der Waals surface area contributed by atoms with Gasteiger partial charge in [0.15, 0.2) is 0 Å². The summed E-state index contributed by atoms with van der Waals surface area (Å²) in [6.07, 6.45) is -0.890. The van der Waals surface area contributed by atoms with Gasteiger partial charge in [0.1, 0.15) is 17.0 Å². The zero-order chi connectivity index (χ0) is 18.7. The highest BCUT2D eigenvalue weighted by atomic mass is 16.6. The van der Waals surface area contributed by atoms with Gasteiger partial charge in [0.2, 0.25) is 0 Å². The molecule has 0 aliphatic carbocycles. The van der Waals surface area contributed by atoms with Crippen LogP contribution >= 0.6 is 0 Å². The largest absolute Gasteiger partial charge is 0.478 e. The van der Waals surface area contributed by atoms with Crippen molar-refractivity contribution in [1.29, 1.82) is 0 Å². The zero-order valence-corrected chi connectivity index (χ0v) is 14.6. The molecule has 0 spiro atoms. The molecular formula is C16H22N2O6. The molecule has 8 nitrogen and oxygen atoms in total. The number of imide groups is 1. The monoisotopic (exact) mass is 338 g/mol. The standard InChI is InChI=1S/C16H22N2O6/c1-15(2,3)23-13(21)18(14(22)24-16(4,5)6)11-8-7-10(9-17-11)12(19)20/h7-9H,1-6H3,(H,19,20). The maximum atomic E-state index is 12.4. The van der Waals surface area contributed by atoms with E-state index in [-0.39, 0.29) is 11.4 Å².